The van der Waals surface area contributed by atoms with Crippen LogP contribution in [0.25, 0.3) is 0 Å². The van der Waals surface area contributed by atoms with Gasteiger partial charge in [-0.3, -0.25) is 4.79 Å². The molecule has 0 aliphatic rings. The van der Waals surface area contributed by atoms with Gasteiger partial charge in [-0.25, -0.2) is 13.6 Å². The molecule has 0 radical (unpaired) electrons. The van der Waals surface area contributed by atoms with Crippen LogP contribution in [0.4, 0.5) is 0 Å². The summed E-state index contributed by atoms with van der Waals surface area (Å²) >= 11 is 0. The fourth-order valence-electron chi connectivity index (χ4n) is 1.27. The van der Waals surface area contributed by atoms with Crippen molar-refractivity contribution in [2.24, 2.45) is 5.14 Å². The number of esters is 1. The molecule has 0 heterocycles. The van der Waals surface area contributed by atoms with Gasteiger partial charge in [0.15, 0.2) is 5.75 Å². The normalized spacial score (nSPS) is 11.4. The van der Waals surface area contributed by atoms with E-state index in [1.807, 2.05) is 0 Å². The minimum absolute atomic E-state index is 0.278. The zero-order chi connectivity index (χ0) is 12.4. The van der Waals surface area contributed by atoms with E-state index in [4.69, 9.17) is 9.88 Å². The third-order valence-corrected chi connectivity index (χ3v) is 2.72. The molecular weight excluding hydrogens is 230 g/mol. The molecule has 0 fully saturated rings. The molecule has 0 bridgehead atoms. The van der Waals surface area contributed by atoms with Gasteiger partial charge in [0.2, 0.25) is 10.0 Å². The number of sulfonamides is 1. The van der Waals surface area contributed by atoms with Gasteiger partial charge in [0, 0.05) is 0 Å². The first kappa shape index (κ1) is 15.4. The Bertz CT molecular complexity index is 287. The first-order chi connectivity index (χ1) is 7.45. The Balaban J connectivity index is 3.35. The maximum Gasteiger partial charge on any atom is 0.322 e. The van der Waals surface area contributed by atoms with Gasteiger partial charge in [0.05, 0.1) is 6.61 Å². The van der Waals surface area contributed by atoms with E-state index in [0.29, 0.717) is 0 Å². The van der Waals surface area contributed by atoms with Crippen LogP contribution >= 0.6 is 0 Å². The highest BCUT2D eigenvalue weighted by Gasteiger charge is 2.11. The number of hydrogen-bond acceptors (Lipinski definition) is 4. The fraction of sp³-hybridized carbons (Fsp3) is 0.900. The van der Waals surface area contributed by atoms with E-state index >= 15 is 0 Å². The maximum atomic E-state index is 10.9. The van der Waals surface area contributed by atoms with Crippen LogP contribution in [-0.4, -0.2) is 26.7 Å². The molecule has 0 aromatic heterocycles. The molecule has 16 heavy (non-hydrogen) atoms. The van der Waals surface area contributed by atoms with Gasteiger partial charge in [0.1, 0.15) is 0 Å². The number of carbonyl (C=O) groups is 1. The molecule has 0 atom stereocenters. The molecule has 0 aliphatic carbocycles. The summed E-state index contributed by atoms with van der Waals surface area (Å²) in [6.45, 7) is 2.43. The summed E-state index contributed by atoms with van der Waals surface area (Å²) < 4.78 is 25.8. The van der Waals surface area contributed by atoms with Crippen LogP contribution in [0.1, 0.15) is 45.4 Å². The number of unbranched alkanes of at least 4 members (excludes halogenated alkanes) is 5. The summed E-state index contributed by atoms with van der Waals surface area (Å²) in [4.78, 5) is 10.9. The molecule has 0 aliphatic heterocycles. The minimum Gasteiger partial charge on any atom is -0.465 e. The Morgan fingerprint density at radius 1 is 1.12 bits per heavy atom. The van der Waals surface area contributed by atoms with Crippen LogP contribution in [0.5, 0.6) is 0 Å². The lowest BCUT2D eigenvalue weighted by Crippen LogP contribution is -2.24. The Morgan fingerprint density at radius 3 is 2.25 bits per heavy atom. The van der Waals surface area contributed by atoms with Crippen LogP contribution in [0.15, 0.2) is 0 Å². The quantitative estimate of drug-likeness (QED) is 0.492. The highest BCUT2D eigenvalue weighted by atomic mass is 32.2. The molecule has 2 N–H and O–H groups in total. The summed E-state index contributed by atoms with van der Waals surface area (Å²) in [6.07, 6.45) is 6.53. The molecule has 5 nitrogen and oxygen atoms in total. The molecular formula is C10H21NO4S. The summed E-state index contributed by atoms with van der Waals surface area (Å²) in [5.74, 6) is -1.50. The Kier molecular flexibility index (Phi) is 8.19. The molecule has 96 valence electrons. The van der Waals surface area contributed by atoms with Gasteiger partial charge < -0.3 is 4.74 Å². The van der Waals surface area contributed by atoms with E-state index in [-0.39, 0.29) is 6.61 Å². The third-order valence-electron chi connectivity index (χ3n) is 2.08. The van der Waals surface area contributed by atoms with Gasteiger partial charge in [-0.1, -0.05) is 39.0 Å². The average molecular weight is 251 g/mol. The second-order valence-corrected chi connectivity index (χ2v) is 5.41. The summed E-state index contributed by atoms with van der Waals surface area (Å²) in [5, 5.41) is 4.69. The van der Waals surface area contributed by atoms with Gasteiger partial charge in [-0.15, -0.1) is 0 Å². The number of hydrogen-bond donors (Lipinski definition) is 1. The Hall–Kier alpha value is -0.620. The van der Waals surface area contributed by atoms with Crippen LogP contribution in [0.2, 0.25) is 0 Å². The molecule has 0 aromatic carbocycles. The predicted octanol–water partition coefficient (Wildman–Crippen LogP) is 1.18. The van der Waals surface area contributed by atoms with Gasteiger partial charge in [0.25, 0.3) is 0 Å². The largest absolute Gasteiger partial charge is 0.465 e. The predicted molar refractivity (Wildman–Crippen MR) is 62.3 cm³/mol. The molecule has 0 aromatic rings. The summed E-state index contributed by atoms with van der Waals surface area (Å²) in [7, 11) is -3.75. The standard InChI is InChI=1S/C10H21NO4S/c1-2-3-4-5-6-7-8-15-10(12)9-16(11,13)14/h2-9H2,1H3,(H2,11,13,14). The van der Waals surface area contributed by atoms with Crippen molar-refractivity contribution < 1.29 is 17.9 Å². The molecule has 0 amide bonds. The number of nitrogens with two attached hydrogens (primary N) is 1. The average Bonchev–Trinajstić information content (AvgIpc) is 2.13. The zero-order valence-corrected chi connectivity index (χ0v) is 10.6. The number of rotatable bonds is 9. The van der Waals surface area contributed by atoms with E-state index in [1.165, 1.54) is 19.3 Å². The summed E-state index contributed by atoms with van der Waals surface area (Å²) in [5.41, 5.74) is 0. The van der Waals surface area contributed by atoms with E-state index in [1.54, 1.807) is 0 Å². The highest BCUT2D eigenvalue weighted by Crippen LogP contribution is 2.04. The first-order valence-electron chi connectivity index (χ1n) is 5.62. The van der Waals surface area contributed by atoms with Gasteiger partial charge >= 0.3 is 5.97 Å². The fourth-order valence-corrected chi connectivity index (χ4v) is 1.69. The topological polar surface area (TPSA) is 86.5 Å². The van der Waals surface area contributed by atoms with Crippen molar-refractivity contribution in [3.05, 3.63) is 0 Å². The molecule has 6 heteroatoms. The lowest BCUT2D eigenvalue weighted by atomic mass is 10.1. The van der Waals surface area contributed by atoms with E-state index < -0.39 is 21.7 Å². The van der Waals surface area contributed by atoms with Crippen molar-refractivity contribution in [3.63, 3.8) is 0 Å². The van der Waals surface area contributed by atoms with Crippen molar-refractivity contribution in [2.45, 2.75) is 45.4 Å². The van der Waals surface area contributed by atoms with Crippen molar-refractivity contribution in [1.82, 2.24) is 0 Å². The van der Waals surface area contributed by atoms with Crippen molar-refractivity contribution in [2.75, 3.05) is 12.4 Å². The SMILES string of the molecule is CCCCCCCCOC(=O)CS(N)(=O)=O. The Labute approximate surface area is 97.4 Å². The molecule has 0 spiro atoms. The number of ether oxygens (including phenoxy) is 1. The molecule has 0 rings (SSSR count). The lowest BCUT2D eigenvalue weighted by Gasteiger charge is -2.03. The zero-order valence-electron chi connectivity index (χ0n) is 9.78. The van der Waals surface area contributed by atoms with E-state index in [0.717, 1.165) is 19.3 Å². The number of carbonyl (C=O) groups excluding carboxylic acids is 1. The molecule has 0 saturated carbocycles. The van der Waals surface area contributed by atoms with Crippen LogP contribution < -0.4 is 5.14 Å². The molecule has 0 unspecified atom stereocenters. The third kappa shape index (κ3) is 11.5. The second kappa shape index (κ2) is 8.52. The van der Waals surface area contributed by atoms with Crippen molar-refractivity contribution in [1.29, 1.82) is 0 Å². The van der Waals surface area contributed by atoms with Gasteiger partial charge in [-0.2, -0.15) is 0 Å². The van der Waals surface area contributed by atoms with Crippen LogP contribution in [-0.2, 0) is 19.6 Å². The van der Waals surface area contributed by atoms with Crippen LogP contribution in [0, 0.1) is 0 Å². The summed E-state index contributed by atoms with van der Waals surface area (Å²) in [6, 6.07) is 0. The van der Waals surface area contributed by atoms with E-state index in [9.17, 15) is 13.2 Å². The minimum atomic E-state index is -3.75. The molecule has 0 saturated heterocycles. The maximum absolute atomic E-state index is 10.9. The number of primary sulfonamides is 1. The van der Waals surface area contributed by atoms with E-state index in [2.05, 4.69) is 6.92 Å². The van der Waals surface area contributed by atoms with Crippen LogP contribution in [0.3, 0.4) is 0 Å². The van der Waals surface area contributed by atoms with Crippen molar-refractivity contribution in [3.8, 4) is 0 Å². The smallest absolute Gasteiger partial charge is 0.322 e. The monoisotopic (exact) mass is 251 g/mol. The Morgan fingerprint density at radius 2 is 1.69 bits per heavy atom. The van der Waals surface area contributed by atoms with Gasteiger partial charge in [-0.05, 0) is 6.42 Å². The lowest BCUT2D eigenvalue weighted by molar-refractivity contribution is -0.140. The van der Waals surface area contributed by atoms with Crippen molar-refractivity contribution >= 4 is 16.0 Å². The first-order valence-corrected chi connectivity index (χ1v) is 7.33. The second-order valence-electron chi connectivity index (χ2n) is 3.80. The highest BCUT2D eigenvalue weighted by molar-refractivity contribution is 7.89.